The Labute approximate surface area is 96.1 Å². The smallest absolute Gasteiger partial charge is 0.326 e. The Bertz CT molecular complexity index is 505. The van der Waals surface area contributed by atoms with Gasteiger partial charge in [-0.3, -0.25) is 14.6 Å². The molecule has 3 N–H and O–H groups in total. The third kappa shape index (κ3) is 2.62. The fourth-order valence-electron chi connectivity index (χ4n) is 1.89. The first-order valence-electron chi connectivity index (χ1n) is 5.37. The maximum atomic E-state index is 11.9. The zero-order valence-corrected chi connectivity index (χ0v) is 9.10. The average Bonchev–Trinajstić information content (AvgIpc) is 2.26. The van der Waals surface area contributed by atoms with E-state index in [0.717, 1.165) is 6.07 Å². The van der Waals surface area contributed by atoms with Crippen molar-refractivity contribution < 1.29 is 9.90 Å². The van der Waals surface area contributed by atoms with Gasteiger partial charge in [0.25, 0.3) is 11.5 Å². The van der Waals surface area contributed by atoms with Crippen molar-refractivity contribution in [2.75, 3.05) is 13.1 Å². The number of carbonyl (C=O) groups excluding carboxylic acids is 1. The normalized spacial score (nSPS) is 20.3. The van der Waals surface area contributed by atoms with E-state index in [-0.39, 0.29) is 12.2 Å². The monoisotopic (exact) mass is 239 g/mol. The molecule has 1 aliphatic rings. The molecule has 1 atom stereocenters. The van der Waals surface area contributed by atoms with Crippen molar-refractivity contribution in [2.24, 2.45) is 0 Å². The van der Waals surface area contributed by atoms with Gasteiger partial charge in [-0.1, -0.05) is 0 Å². The molecule has 1 amide bonds. The van der Waals surface area contributed by atoms with Crippen LogP contribution in [0.1, 0.15) is 23.3 Å². The van der Waals surface area contributed by atoms with E-state index < -0.39 is 23.3 Å². The SMILES string of the molecule is O=C(c1cc(=O)[nH]c(=O)[nH]1)N1CCC[C@H](O)C1. The molecule has 2 rings (SSSR count). The Morgan fingerprint density at radius 2 is 2.18 bits per heavy atom. The molecule has 0 saturated carbocycles. The predicted octanol–water partition coefficient (Wildman–Crippen LogP) is -1.34. The molecular formula is C10H13N3O4. The molecule has 1 fully saturated rings. The molecule has 7 heteroatoms. The van der Waals surface area contributed by atoms with E-state index in [2.05, 4.69) is 4.98 Å². The number of nitrogens with zero attached hydrogens (tertiary/aromatic N) is 1. The lowest BCUT2D eigenvalue weighted by Gasteiger charge is -2.29. The van der Waals surface area contributed by atoms with Crippen LogP contribution in [0.5, 0.6) is 0 Å². The number of aromatic nitrogens is 2. The first kappa shape index (κ1) is 11.6. The van der Waals surface area contributed by atoms with Crippen LogP contribution in [-0.2, 0) is 0 Å². The number of piperidine rings is 1. The van der Waals surface area contributed by atoms with Crippen molar-refractivity contribution in [3.8, 4) is 0 Å². The van der Waals surface area contributed by atoms with E-state index in [4.69, 9.17) is 0 Å². The van der Waals surface area contributed by atoms with Gasteiger partial charge in [0.2, 0.25) is 0 Å². The topological polar surface area (TPSA) is 106 Å². The number of nitrogens with one attached hydrogen (secondary N) is 2. The van der Waals surface area contributed by atoms with Gasteiger partial charge in [0.05, 0.1) is 6.10 Å². The number of aromatic amines is 2. The summed E-state index contributed by atoms with van der Waals surface area (Å²) in [6.45, 7) is 0.748. The zero-order chi connectivity index (χ0) is 12.4. The Kier molecular flexibility index (Phi) is 3.10. The second-order valence-corrected chi connectivity index (χ2v) is 4.05. The van der Waals surface area contributed by atoms with Crippen molar-refractivity contribution in [2.45, 2.75) is 18.9 Å². The molecule has 2 heterocycles. The van der Waals surface area contributed by atoms with Crippen LogP contribution in [-0.4, -0.2) is 45.1 Å². The van der Waals surface area contributed by atoms with Crippen molar-refractivity contribution in [3.05, 3.63) is 32.6 Å². The fourth-order valence-corrected chi connectivity index (χ4v) is 1.89. The van der Waals surface area contributed by atoms with Crippen LogP contribution in [0.4, 0.5) is 0 Å². The maximum absolute atomic E-state index is 11.9. The largest absolute Gasteiger partial charge is 0.391 e. The molecule has 92 valence electrons. The van der Waals surface area contributed by atoms with Crippen LogP contribution in [0.2, 0.25) is 0 Å². The highest BCUT2D eigenvalue weighted by atomic mass is 16.3. The predicted molar refractivity (Wildman–Crippen MR) is 58.8 cm³/mol. The lowest BCUT2D eigenvalue weighted by atomic mass is 10.1. The molecule has 0 unspecified atom stereocenters. The Morgan fingerprint density at radius 1 is 1.41 bits per heavy atom. The summed E-state index contributed by atoms with van der Waals surface area (Å²) in [5, 5.41) is 9.45. The van der Waals surface area contributed by atoms with Gasteiger partial charge in [-0.05, 0) is 12.8 Å². The lowest BCUT2D eigenvalue weighted by Crippen LogP contribution is -2.43. The number of H-pyrrole nitrogens is 2. The molecule has 0 aliphatic carbocycles. The van der Waals surface area contributed by atoms with E-state index in [9.17, 15) is 19.5 Å². The second-order valence-electron chi connectivity index (χ2n) is 4.05. The fraction of sp³-hybridized carbons (Fsp3) is 0.500. The number of β-amino-alcohol motifs (C(OH)–C–C–N with tert-alkyl or cyclic N) is 1. The summed E-state index contributed by atoms with van der Waals surface area (Å²) < 4.78 is 0. The van der Waals surface area contributed by atoms with Gasteiger partial charge in [-0.2, -0.15) is 0 Å². The molecule has 7 nitrogen and oxygen atoms in total. The third-order valence-electron chi connectivity index (χ3n) is 2.67. The summed E-state index contributed by atoms with van der Waals surface area (Å²) in [4.78, 5) is 39.7. The Balaban J connectivity index is 2.24. The molecule has 1 aliphatic heterocycles. The molecule has 0 radical (unpaired) electrons. The summed E-state index contributed by atoms with van der Waals surface area (Å²) in [5.74, 6) is -0.438. The molecule has 1 aromatic heterocycles. The van der Waals surface area contributed by atoms with Crippen molar-refractivity contribution in [1.29, 1.82) is 0 Å². The van der Waals surface area contributed by atoms with Gasteiger partial charge < -0.3 is 15.0 Å². The third-order valence-corrected chi connectivity index (χ3v) is 2.67. The van der Waals surface area contributed by atoms with Gasteiger partial charge in [0.15, 0.2) is 0 Å². The van der Waals surface area contributed by atoms with Gasteiger partial charge in [-0.15, -0.1) is 0 Å². The van der Waals surface area contributed by atoms with Crippen LogP contribution in [0.3, 0.4) is 0 Å². The van der Waals surface area contributed by atoms with Crippen LogP contribution < -0.4 is 11.2 Å². The minimum absolute atomic E-state index is 0.0483. The molecular weight excluding hydrogens is 226 g/mol. The molecule has 0 spiro atoms. The van der Waals surface area contributed by atoms with Crippen molar-refractivity contribution in [3.63, 3.8) is 0 Å². The number of hydrogen-bond donors (Lipinski definition) is 3. The highest BCUT2D eigenvalue weighted by Crippen LogP contribution is 2.11. The molecule has 17 heavy (non-hydrogen) atoms. The van der Waals surface area contributed by atoms with Crippen LogP contribution >= 0.6 is 0 Å². The number of carbonyl (C=O) groups is 1. The first-order chi connectivity index (χ1) is 8.06. The quantitative estimate of drug-likeness (QED) is 0.564. The molecule has 1 aromatic rings. The summed E-state index contributed by atoms with van der Waals surface area (Å²) in [5.41, 5.74) is -1.37. The number of aliphatic hydroxyl groups is 1. The first-order valence-corrected chi connectivity index (χ1v) is 5.37. The van der Waals surface area contributed by atoms with Gasteiger partial charge >= 0.3 is 5.69 Å². The highest BCUT2D eigenvalue weighted by Gasteiger charge is 2.23. The molecule has 0 aromatic carbocycles. The second kappa shape index (κ2) is 4.54. The van der Waals surface area contributed by atoms with Crippen LogP contribution in [0.25, 0.3) is 0 Å². The minimum atomic E-state index is -0.710. The number of likely N-dealkylation sites (tertiary alicyclic amines) is 1. The van der Waals surface area contributed by atoms with Gasteiger partial charge in [-0.25, -0.2) is 4.79 Å². The van der Waals surface area contributed by atoms with Crippen molar-refractivity contribution >= 4 is 5.91 Å². The summed E-state index contributed by atoms with van der Waals surface area (Å²) in [7, 11) is 0. The van der Waals surface area contributed by atoms with Crippen molar-refractivity contribution in [1.82, 2.24) is 14.9 Å². The molecule has 0 bridgehead atoms. The van der Waals surface area contributed by atoms with Gasteiger partial charge in [0, 0.05) is 19.2 Å². The minimum Gasteiger partial charge on any atom is -0.391 e. The van der Waals surface area contributed by atoms with E-state index in [1.54, 1.807) is 0 Å². The van der Waals surface area contributed by atoms with E-state index in [1.165, 1.54) is 4.90 Å². The number of rotatable bonds is 1. The lowest BCUT2D eigenvalue weighted by molar-refractivity contribution is 0.0468. The van der Waals surface area contributed by atoms with Gasteiger partial charge in [0.1, 0.15) is 5.69 Å². The summed E-state index contributed by atoms with van der Waals surface area (Å²) in [6.07, 6.45) is 0.831. The maximum Gasteiger partial charge on any atom is 0.326 e. The number of hydrogen-bond acceptors (Lipinski definition) is 4. The van der Waals surface area contributed by atoms with E-state index in [1.807, 2.05) is 4.98 Å². The Hall–Kier alpha value is -1.89. The summed E-state index contributed by atoms with van der Waals surface area (Å²) in [6, 6.07) is 1.05. The highest BCUT2D eigenvalue weighted by molar-refractivity contribution is 5.92. The average molecular weight is 239 g/mol. The summed E-state index contributed by atoms with van der Waals surface area (Å²) >= 11 is 0. The van der Waals surface area contributed by atoms with E-state index >= 15 is 0 Å². The Morgan fingerprint density at radius 3 is 2.82 bits per heavy atom. The van der Waals surface area contributed by atoms with E-state index in [0.29, 0.717) is 19.4 Å². The zero-order valence-electron chi connectivity index (χ0n) is 9.10. The number of amides is 1. The molecule has 1 saturated heterocycles. The standard InChI is InChI=1S/C10H13N3O4/c14-6-2-1-3-13(5-6)9(16)7-4-8(15)12-10(17)11-7/h4,6,14H,1-3,5H2,(H2,11,12,15,17)/t6-/m0/s1. The van der Waals surface area contributed by atoms with Crippen LogP contribution in [0, 0.1) is 0 Å². The van der Waals surface area contributed by atoms with Crippen LogP contribution in [0.15, 0.2) is 15.7 Å². The number of aliphatic hydroxyl groups excluding tert-OH is 1.